The second kappa shape index (κ2) is 10.3. The van der Waals surface area contributed by atoms with Crippen LogP contribution in [0.15, 0.2) is 18.2 Å². The number of β-amino-alcohol motifs (C(OH)–C–C–N with tert-alkyl or cyclic N) is 1. The summed E-state index contributed by atoms with van der Waals surface area (Å²) in [5.41, 5.74) is 1.70. The SMILES string of the molecule is COc1cc(CN2CCC3(CCOCC3)C2)ccc1OCC(O)CN1CCNCC1. The van der Waals surface area contributed by atoms with Crippen LogP contribution in [0.4, 0.5) is 0 Å². The van der Waals surface area contributed by atoms with Gasteiger partial charge in [0.15, 0.2) is 11.5 Å². The van der Waals surface area contributed by atoms with E-state index in [1.807, 2.05) is 6.07 Å². The lowest BCUT2D eigenvalue weighted by atomic mass is 9.80. The maximum Gasteiger partial charge on any atom is 0.161 e. The second-order valence-electron chi connectivity index (χ2n) is 9.07. The van der Waals surface area contributed by atoms with Crippen LogP contribution in [0.2, 0.25) is 0 Å². The zero-order valence-electron chi connectivity index (χ0n) is 18.3. The molecule has 0 bridgehead atoms. The molecule has 3 aliphatic heterocycles. The molecule has 0 aliphatic carbocycles. The minimum Gasteiger partial charge on any atom is -0.493 e. The van der Waals surface area contributed by atoms with Crippen molar-refractivity contribution in [3.8, 4) is 11.5 Å². The molecule has 2 N–H and O–H groups in total. The van der Waals surface area contributed by atoms with Gasteiger partial charge >= 0.3 is 0 Å². The van der Waals surface area contributed by atoms with Gasteiger partial charge in [0.2, 0.25) is 0 Å². The number of hydrogen-bond acceptors (Lipinski definition) is 7. The number of methoxy groups -OCH3 is 1. The van der Waals surface area contributed by atoms with Crippen molar-refractivity contribution in [3.63, 3.8) is 0 Å². The van der Waals surface area contributed by atoms with Gasteiger partial charge < -0.3 is 24.6 Å². The highest BCUT2D eigenvalue weighted by Gasteiger charge is 2.39. The van der Waals surface area contributed by atoms with E-state index in [2.05, 4.69) is 27.2 Å². The Morgan fingerprint density at radius 3 is 2.67 bits per heavy atom. The van der Waals surface area contributed by atoms with Crippen molar-refractivity contribution in [2.24, 2.45) is 5.41 Å². The number of nitrogens with one attached hydrogen (secondary N) is 1. The number of benzene rings is 1. The average Bonchev–Trinajstić information content (AvgIpc) is 3.15. The Hall–Kier alpha value is -1.38. The number of piperazine rings is 1. The molecule has 3 aliphatic rings. The first-order valence-corrected chi connectivity index (χ1v) is 11.4. The van der Waals surface area contributed by atoms with E-state index in [1.54, 1.807) is 7.11 Å². The van der Waals surface area contributed by atoms with Crippen molar-refractivity contribution < 1.29 is 19.3 Å². The summed E-state index contributed by atoms with van der Waals surface area (Å²) in [6.45, 7) is 9.89. The van der Waals surface area contributed by atoms with Crippen LogP contribution < -0.4 is 14.8 Å². The van der Waals surface area contributed by atoms with Gasteiger partial charge in [0.05, 0.1) is 7.11 Å². The zero-order valence-corrected chi connectivity index (χ0v) is 18.3. The van der Waals surface area contributed by atoms with Gasteiger partial charge in [-0.2, -0.15) is 0 Å². The highest BCUT2D eigenvalue weighted by molar-refractivity contribution is 5.43. The van der Waals surface area contributed by atoms with E-state index in [0.717, 1.165) is 64.8 Å². The molecule has 1 aromatic rings. The second-order valence-corrected chi connectivity index (χ2v) is 9.07. The Balaban J connectivity index is 1.28. The molecule has 7 heteroatoms. The maximum atomic E-state index is 10.3. The quantitative estimate of drug-likeness (QED) is 0.659. The summed E-state index contributed by atoms with van der Waals surface area (Å²) in [5, 5.41) is 13.7. The molecule has 168 valence electrons. The van der Waals surface area contributed by atoms with Crippen LogP contribution >= 0.6 is 0 Å². The van der Waals surface area contributed by atoms with E-state index >= 15 is 0 Å². The summed E-state index contributed by atoms with van der Waals surface area (Å²) in [4.78, 5) is 4.82. The largest absolute Gasteiger partial charge is 0.493 e. The van der Waals surface area contributed by atoms with E-state index in [9.17, 15) is 5.11 Å². The lowest BCUT2D eigenvalue weighted by molar-refractivity contribution is 0.0190. The average molecular weight is 420 g/mol. The normalized spacial score (nSPS) is 23.5. The summed E-state index contributed by atoms with van der Waals surface area (Å²) in [7, 11) is 1.68. The Bertz CT molecular complexity index is 674. The fourth-order valence-electron chi connectivity index (χ4n) is 4.99. The monoisotopic (exact) mass is 419 g/mol. The van der Waals surface area contributed by atoms with Crippen molar-refractivity contribution in [3.05, 3.63) is 23.8 Å². The number of hydrogen-bond donors (Lipinski definition) is 2. The smallest absolute Gasteiger partial charge is 0.161 e. The minimum absolute atomic E-state index is 0.274. The molecule has 4 rings (SSSR count). The van der Waals surface area contributed by atoms with Crippen molar-refractivity contribution in [1.29, 1.82) is 0 Å². The van der Waals surface area contributed by atoms with Crippen LogP contribution in [-0.4, -0.2) is 93.8 Å². The number of likely N-dealkylation sites (tertiary alicyclic amines) is 1. The van der Waals surface area contributed by atoms with Gasteiger partial charge in [-0.25, -0.2) is 0 Å². The molecule has 0 aromatic heterocycles. The summed E-state index contributed by atoms with van der Waals surface area (Å²) >= 11 is 0. The first-order chi connectivity index (χ1) is 14.7. The van der Waals surface area contributed by atoms with E-state index in [4.69, 9.17) is 14.2 Å². The topological polar surface area (TPSA) is 66.4 Å². The highest BCUT2D eigenvalue weighted by atomic mass is 16.5. The molecule has 7 nitrogen and oxygen atoms in total. The fraction of sp³-hybridized carbons (Fsp3) is 0.739. The number of aliphatic hydroxyl groups excluding tert-OH is 1. The number of rotatable bonds is 8. The molecule has 1 spiro atoms. The molecule has 0 saturated carbocycles. The number of aliphatic hydroxyl groups is 1. The van der Waals surface area contributed by atoms with Crippen LogP contribution in [0.25, 0.3) is 0 Å². The van der Waals surface area contributed by atoms with E-state index < -0.39 is 6.10 Å². The summed E-state index contributed by atoms with van der Waals surface area (Å²) in [5.74, 6) is 1.43. The summed E-state index contributed by atoms with van der Waals surface area (Å²) in [6, 6.07) is 6.18. The van der Waals surface area contributed by atoms with E-state index in [1.165, 1.54) is 24.8 Å². The van der Waals surface area contributed by atoms with Crippen molar-refractivity contribution in [1.82, 2.24) is 15.1 Å². The lowest BCUT2D eigenvalue weighted by Gasteiger charge is -2.33. The molecule has 0 radical (unpaired) electrons. The maximum absolute atomic E-state index is 10.3. The van der Waals surface area contributed by atoms with Crippen LogP contribution in [0.1, 0.15) is 24.8 Å². The van der Waals surface area contributed by atoms with Gasteiger partial charge in [-0.1, -0.05) is 6.07 Å². The lowest BCUT2D eigenvalue weighted by Crippen LogP contribution is -2.47. The van der Waals surface area contributed by atoms with Gasteiger partial charge in [0.1, 0.15) is 12.7 Å². The third-order valence-electron chi connectivity index (χ3n) is 6.81. The molecule has 3 fully saturated rings. The van der Waals surface area contributed by atoms with E-state index in [-0.39, 0.29) is 6.61 Å². The van der Waals surface area contributed by atoms with Crippen LogP contribution in [0, 0.1) is 5.41 Å². The molecule has 3 saturated heterocycles. The molecule has 0 amide bonds. The van der Waals surface area contributed by atoms with Crippen molar-refractivity contribution in [2.75, 3.05) is 72.7 Å². The Morgan fingerprint density at radius 1 is 1.10 bits per heavy atom. The van der Waals surface area contributed by atoms with Crippen molar-refractivity contribution >= 4 is 0 Å². The molecule has 1 aromatic carbocycles. The highest BCUT2D eigenvalue weighted by Crippen LogP contribution is 2.40. The molecule has 1 unspecified atom stereocenters. The fourth-order valence-corrected chi connectivity index (χ4v) is 4.99. The predicted octanol–water partition coefficient (Wildman–Crippen LogP) is 1.34. The minimum atomic E-state index is -0.507. The molecule has 3 heterocycles. The Morgan fingerprint density at radius 2 is 1.90 bits per heavy atom. The first kappa shape index (κ1) is 21.8. The van der Waals surface area contributed by atoms with Gasteiger partial charge in [-0.05, 0) is 48.9 Å². The predicted molar refractivity (Wildman–Crippen MR) is 116 cm³/mol. The molecular formula is C23H37N3O4. The standard InChI is InChI=1S/C23H37N3O4/c1-28-22-14-19(15-26-9-4-23(18-26)5-12-29-13-6-23)2-3-21(22)30-17-20(27)16-25-10-7-24-8-11-25/h2-3,14,20,24,27H,4-13,15-18H2,1H3. The van der Waals surface area contributed by atoms with Crippen molar-refractivity contribution in [2.45, 2.75) is 31.9 Å². The van der Waals surface area contributed by atoms with Crippen LogP contribution in [0.3, 0.4) is 0 Å². The Labute approximate surface area is 180 Å². The summed E-state index contributed by atoms with van der Waals surface area (Å²) < 4.78 is 17.0. The Kier molecular flexibility index (Phi) is 7.49. The van der Waals surface area contributed by atoms with E-state index in [0.29, 0.717) is 17.7 Å². The number of nitrogens with zero attached hydrogens (tertiary/aromatic N) is 2. The first-order valence-electron chi connectivity index (χ1n) is 11.4. The van der Waals surface area contributed by atoms with Gasteiger partial charge in [0, 0.05) is 59.0 Å². The van der Waals surface area contributed by atoms with Gasteiger partial charge in [-0.15, -0.1) is 0 Å². The molecule has 30 heavy (non-hydrogen) atoms. The third kappa shape index (κ3) is 5.65. The summed E-state index contributed by atoms with van der Waals surface area (Å²) in [6.07, 6.45) is 3.15. The van der Waals surface area contributed by atoms with Crippen LogP contribution in [-0.2, 0) is 11.3 Å². The molecular weight excluding hydrogens is 382 g/mol. The molecule has 1 atom stereocenters. The van der Waals surface area contributed by atoms with Gasteiger partial charge in [-0.3, -0.25) is 9.80 Å². The van der Waals surface area contributed by atoms with Crippen LogP contribution in [0.5, 0.6) is 11.5 Å². The zero-order chi connectivity index (χ0) is 20.8. The van der Waals surface area contributed by atoms with Gasteiger partial charge in [0.25, 0.3) is 0 Å². The third-order valence-corrected chi connectivity index (χ3v) is 6.81. The number of ether oxygens (including phenoxy) is 3.